The standard InChI is InChI=1S/C14H15ClN2O/c1-9-6-11(15)4-5-13(9)17-14(10-2-3-10)7-12(8-18)16-17/h4-7,10,18H,2-3,8H2,1H3. The summed E-state index contributed by atoms with van der Waals surface area (Å²) in [4.78, 5) is 0. The molecule has 0 amide bonds. The summed E-state index contributed by atoms with van der Waals surface area (Å²) in [6.45, 7) is 2.01. The first-order chi connectivity index (χ1) is 8.69. The number of nitrogens with zero attached hydrogens (tertiary/aromatic N) is 2. The molecule has 1 heterocycles. The van der Waals surface area contributed by atoms with E-state index in [1.165, 1.54) is 18.5 Å². The van der Waals surface area contributed by atoms with Crippen LogP contribution in [-0.2, 0) is 6.61 Å². The van der Waals surface area contributed by atoms with Gasteiger partial charge < -0.3 is 5.11 Å². The summed E-state index contributed by atoms with van der Waals surface area (Å²) in [5.74, 6) is 0.591. The van der Waals surface area contributed by atoms with Crippen LogP contribution in [0.25, 0.3) is 5.69 Å². The van der Waals surface area contributed by atoms with Crippen molar-refractivity contribution < 1.29 is 5.11 Å². The van der Waals surface area contributed by atoms with E-state index in [1.54, 1.807) is 0 Å². The second-order valence-corrected chi connectivity index (χ2v) is 5.27. The molecule has 0 bridgehead atoms. The Kier molecular flexibility index (Phi) is 2.88. The van der Waals surface area contributed by atoms with Crippen LogP contribution in [0.4, 0.5) is 0 Å². The minimum absolute atomic E-state index is 0.0145. The molecule has 18 heavy (non-hydrogen) atoms. The van der Waals surface area contributed by atoms with Gasteiger partial charge in [-0.05, 0) is 49.6 Å². The van der Waals surface area contributed by atoms with E-state index in [4.69, 9.17) is 11.6 Å². The first-order valence-electron chi connectivity index (χ1n) is 6.15. The Morgan fingerprint density at radius 1 is 1.39 bits per heavy atom. The zero-order valence-corrected chi connectivity index (χ0v) is 11.0. The molecule has 4 heteroatoms. The average molecular weight is 263 g/mol. The normalized spacial score (nSPS) is 15.1. The van der Waals surface area contributed by atoms with Gasteiger partial charge >= 0.3 is 0 Å². The van der Waals surface area contributed by atoms with Gasteiger partial charge in [-0.2, -0.15) is 5.10 Å². The van der Waals surface area contributed by atoms with Gasteiger partial charge in [0.05, 0.1) is 18.0 Å². The van der Waals surface area contributed by atoms with E-state index in [2.05, 4.69) is 5.10 Å². The third-order valence-corrected chi connectivity index (χ3v) is 3.57. The van der Waals surface area contributed by atoms with Crippen molar-refractivity contribution in [3.05, 3.63) is 46.2 Å². The minimum Gasteiger partial charge on any atom is -0.390 e. The van der Waals surface area contributed by atoms with Crippen LogP contribution in [0, 0.1) is 6.92 Å². The number of rotatable bonds is 3. The van der Waals surface area contributed by atoms with E-state index in [-0.39, 0.29) is 6.61 Å². The van der Waals surface area contributed by atoms with E-state index < -0.39 is 0 Å². The predicted octanol–water partition coefficient (Wildman–Crippen LogP) is 3.20. The fraction of sp³-hybridized carbons (Fsp3) is 0.357. The predicted molar refractivity (Wildman–Crippen MR) is 71.2 cm³/mol. The van der Waals surface area contributed by atoms with Gasteiger partial charge in [0.25, 0.3) is 0 Å². The summed E-state index contributed by atoms with van der Waals surface area (Å²) in [6, 6.07) is 7.80. The highest BCUT2D eigenvalue weighted by molar-refractivity contribution is 6.30. The number of aromatic nitrogens is 2. The van der Waals surface area contributed by atoms with Crippen molar-refractivity contribution in [1.29, 1.82) is 0 Å². The molecule has 1 fully saturated rings. The van der Waals surface area contributed by atoms with Gasteiger partial charge in [0.15, 0.2) is 0 Å². The number of aliphatic hydroxyl groups excluding tert-OH is 1. The zero-order valence-electron chi connectivity index (χ0n) is 10.2. The summed E-state index contributed by atoms with van der Waals surface area (Å²) in [5.41, 5.74) is 4.06. The van der Waals surface area contributed by atoms with E-state index >= 15 is 0 Å². The molecule has 1 aliphatic carbocycles. The molecule has 0 aliphatic heterocycles. The van der Waals surface area contributed by atoms with Crippen molar-refractivity contribution in [2.45, 2.75) is 32.3 Å². The molecule has 3 nitrogen and oxygen atoms in total. The van der Waals surface area contributed by atoms with Gasteiger partial charge in [0, 0.05) is 16.6 Å². The number of benzene rings is 1. The third kappa shape index (κ3) is 2.04. The Morgan fingerprint density at radius 2 is 2.17 bits per heavy atom. The van der Waals surface area contributed by atoms with Crippen molar-refractivity contribution in [2.75, 3.05) is 0 Å². The van der Waals surface area contributed by atoms with Gasteiger partial charge in [-0.25, -0.2) is 4.68 Å². The quantitative estimate of drug-likeness (QED) is 0.922. The van der Waals surface area contributed by atoms with Crippen LogP contribution in [0.15, 0.2) is 24.3 Å². The Morgan fingerprint density at radius 3 is 2.78 bits per heavy atom. The molecule has 0 spiro atoms. The molecule has 1 aromatic heterocycles. The molecule has 0 unspecified atom stereocenters. The molecule has 94 valence electrons. The van der Waals surface area contributed by atoms with E-state index in [1.807, 2.05) is 35.9 Å². The largest absolute Gasteiger partial charge is 0.390 e. The van der Waals surface area contributed by atoms with Gasteiger partial charge in [0.2, 0.25) is 0 Å². The van der Waals surface area contributed by atoms with Crippen molar-refractivity contribution in [1.82, 2.24) is 9.78 Å². The molecule has 1 N–H and O–H groups in total. The summed E-state index contributed by atoms with van der Waals surface area (Å²) in [6.07, 6.45) is 2.42. The van der Waals surface area contributed by atoms with Crippen LogP contribution < -0.4 is 0 Å². The Bertz CT molecular complexity index is 587. The molecule has 0 saturated heterocycles. The highest BCUT2D eigenvalue weighted by atomic mass is 35.5. The molecule has 0 radical (unpaired) electrons. The maximum Gasteiger partial charge on any atom is 0.0886 e. The van der Waals surface area contributed by atoms with Crippen molar-refractivity contribution in [3.8, 4) is 5.69 Å². The van der Waals surface area contributed by atoms with Crippen molar-refractivity contribution in [2.24, 2.45) is 0 Å². The minimum atomic E-state index is -0.0145. The monoisotopic (exact) mass is 262 g/mol. The summed E-state index contributed by atoms with van der Waals surface area (Å²) in [7, 11) is 0. The fourth-order valence-electron chi connectivity index (χ4n) is 2.24. The Balaban J connectivity index is 2.12. The lowest BCUT2D eigenvalue weighted by atomic mass is 10.2. The molecular weight excluding hydrogens is 248 g/mol. The number of aliphatic hydroxyl groups is 1. The number of hydrogen-bond acceptors (Lipinski definition) is 2. The van der Waals surface area contributed by atoms with Crippen LogP contribution in [0.5, 0.6) is 0 Å². The molecule has 1 aromatic carbocycles. The van der Waals surface area contributed by atoms with Crippen molar-refractivity contribution >= 4 is 11.6 Å². The Labute approximate surface area is 111 Å². The van der Waals surface area contributed by atoms with Gasteiger partial charge in [-0.3, -0.25) is 0 Å². The van der Waals surface area contributed by atoms with E-state index in [0.717, 1.165) is 22.0 Å². The molecule has 3 rings (SSSR count). The lowest BCUT2D eigenvalue weighted by molar-refractivity contribution is 0.276. The van der Waals surface area contributed by atoms with Crippen LogP contribution in [-0.4, -0.2) is 14.9 Å². The third-order valence-electron chi connectivity index (χ3n) is 3.33. The highest BCUT2D eigenvalue weighted by Crippen LogP contribution is 2.41. The second-order valence-electron chi connectivity index (χ2n) is 4.84. The van der Waals surface area contributed by atoms with Crippen LogP contribution >= 0.6 is 11.6 Å². The molecule has 1 aliphatic rings. The maximum absolute atomic E-state index is 9.24. The van der Waals surface area contributed by atoms with Crippen LogP contribution in [0.1, 0.15) is 35.7 Å². The smallest absolute Gasteiger partial charge is 0.0886 e. The summed E-state index contributed by atoms with van der Waals surface area (Å²) < 4.78 is 1.95. The summed E-state index contributed by atoms with van der Waals surface area (Å²) >= 11 is 5.98. The number of hydrogen-bond donors (Lipinski definition) is 1. The molecule has 1 saturated carbocycles. The van der Waals surface area contributed by atoms with Crippen molar-refractivity contribution in [3.63, 3.8) is 0 Å². The topological polar surface area (TPSA) is 38.0 Å². The molecule has 0 atom stereocenters. The van der Waals surface area contributed by atoms with Gasteiger partial charge in [-0.1, -0.05) is 11.6 Å². The van der Waals surface area contributed by atoms with Crippen LogP contribution in [0.2, 0.25) is 5.02 Å². The zero-order chi connectivity index (χ0) is 12.7. The highest BCUT2D eigenvalue weighted by Gasteiger charge is 2.28. The lowest BCUT2D eigenvalue weighted by Gasteiger charge is -2.10. The fourth-order valence-corrected chi connectivity index (χ4v) is 2.47. The van der Waals surface area contributed by atoms with E-state index in [9.17, 15) is 5.11 Å². The van der Waals surface area contributed by atoms with Gasteiger partial charge in [-0.15, -0.1) is 0 Å². The lowest BCUT2D eigenvalue weighted by Crippen LogP contribution is -2.03. The number of halogens is 1. The Hall–Kier alpha value is -1.32. The maximum atomic E-state index is 9.24. The van der Waals surface area contributed by atoms with Gasteiger partial charge in [0.1, 0.15) is 0 Å². The SMILES string of the molecule is Cc1cc(Cl)ccc1-n1nc(CO)cc1C1CC1. The summed E-state index contributed by atoms with van der Waals surface area (Å²) in [5, 5.41) is 14.5. The average Bonchev–Trinajstić information content (AvgIpc) is 3.10. The molecular formula is C14H15ClN2O. The van der Waals surface area contributed by atoms with Crippen LogP contribution in [0.3, 0.4) is 0 Å². The first kappa shape index (κ1) is 11.8. The first-order valence-corrected chi connectivity index (χ1v) is 6.53. The second kappa shape index (κ2) is 4.41. The number of aryl methyl sites for hydroxylation is 1. The van der Waals surface area contributed by atoms with E-state index in [0.29, 0.717) is 5.92 Å². The molecule has 2 aromatic rings.